The predicted octanol–water partition coefficient (Wildman–Crippen LogP) is 2.58. The number of nitrogens with two attached hydrogens (primary N) is 1. The van der Waals surface area contributed by atoms with Crippen LogP contribution in [-0.2, 0) is 13.5 Å². The quantitative estimate of drug-likeness (QED) is 0.669. The van der Waals surface area contributed by atoms with E-state index in [9.17, 15) is 0 Å². The van der Waals surface area contributed by atoms with Gasteiger partial charge in [-0.25, -0.2) is 0 Å². The first-order chi connectivity index (χ1) is 8.63. The Balaban J connectivity index is 2.28. The summed E-state index contributed by atoms with van der Waals surface area (Å²) in [5, 5.41) is 4.94. The van der Waals surface area contributed by atoms with Crippen LogP contribution in [0.4, 0.5) is 0 Å². The fourth-order valence-electron chi connectivity index (χ4n) is 1.93. The third-order valence-electron chi connectivity index (χ3n) is 2.85. The highest BCUT2D eigenvalue weighted by Crippen LogP contribution is 2.27. The van der Waals surface area contributed by atoms with Crippen molar-refractivity contribution in [1.29, 1.82) is 0 Å². The maximum atomic E-state index is 6.16. The Morgan fingerprint density at radius 2 is 2.22 bits per heavy atom. The van der Waals surface area contributed by atoms with E-state index < -0.39 is 0 Å². The van der Waals surface area contributed by atoms with E-state index in [0.717, 1.165) is 20.8 Å². The number of hydrazine groups is 1. The number of halogens is 2. The zero-order chi connectivity index (χ0) is 13.1. The van der Waals surface area contributed by atoms with Crippen LogP contribution < -0.4 is 11.3 Å². The average molecular weight is 330 g/mol. The van der Waals surface area contributed by atoms with Crippen LogP contribution in [0, 0.1) is 0 Å². The summed E-state index contributed by atoms with van der Waals surface area (Å²) in [6, 6.07) is 7.70. The molecule has 6 heteroatoms. The Labute approximate surface area is 119 Å². The van der Waals surface area contributed by atoms with Gasteiger partial charge in [0.25, 0.3) is 0 Å². The second-order valence-electron chi connectivity index (χ2n) is 4.02. The number of aromatic nitrogens is 2. The molecule has 0 amide bonds. The number of aryl methyl sites for hydroxylation is 1. The minimum absolute atomic E-state index is 0.0493. The van der Waals surface area contributed by atoms with Gasteiger partial charge in [-0.1, -0.05) is 29.8 Å². The second-order valence-corrected chi connectivity index (χ2v) is 5.28. The highest BCUT2D eigenvalue weighted by molar-refractivity contribution is 9.10. The SMILES string of the molecule is Cn1ncc(Br)c1C(Cc1ccccc1Cl)NN. The maximum Gasteiger partial charge on any atom is 0.0709 e. The number of benzene rings is 1. The molecule has 0 saturated heterocycles. The first-order valence-corrected chi connectivity index (χ1v) is 6.67. The first kappa shape index (κ1) is 13.5. The highest BCUT2D eigenvalue weighted by Gasteiger charge is 2.18. The Morgan fingerprint density at radius 3 is 2.78 bits per heavy atom. The van der Waals surface area contributed by atoms with Gasteiger partial charge >= 0.3 is 0 Å². The molecule has 4 nitrogen and oxygen atoms in total. The van der Waals surface area contributed by atoms with Gasteiger partial charge < -0.3 is 0 Å². The lowest BCUT2D eigenvalue weighted by Gasteiger charge is -2.17. The van der Waals surface area contributed by atoms with Gasteiger partial charge in [-0.15, -0.1) is 0 Å². The Bertz CT molecular complexity index is 521. The lowest BCUT2D eigenvalue weighted by atomic mass is 10.0. The summed E-state index contributed by atoms with van der Waals surface area (Å²) in [7, 11) is 1.89. The normalized spacial score (nSPS) is 12.7. The fraction of sp³-hybridized carbons (Fsp3) is 0.250. The zero-order valence-electron chi connectivity index (χ0n) is 9.90. The predicted molar refractivity (Wildman–Crippen MR) is 76.1 cm³/mol. The number of hydrogen-bond acceptors (Lipinski definition) is 3. The largest absolute Gasteiger partial charge is 0.271 e. The molecule has 0 aliphatic heterocycles. The van der Waals surface area contributed by atoms with E-state index in [1.54, 1.807) is 10.9 Å². The molecule has 0 radical (unpaired) electrons. The summed E-state index contributed by atoms with van der Waals surface area (Å²) < 4.78 is 2.73. The Kier molecular flexibility index (Phi) is 4.40. The summed E-state index contributed by atoms with van der Waals surface area (Å²) in [5.41, 5.74) is 4.86. The third kappa shape index (κ3) is 2.75. The molecule has 0 bridgehead atoms. The molecule has 1 aromatic carbocycles. The van der Waals surface area contributed by atoms with E-state index in [1.165, 1.54) is 0 Å². The van der Waals surface area contributed by atoms with Gasteiger partial charge in [0.2, 0.25) is 0 Å². The topological polar surface area (TPSA) is 55.9 Å². The molecule has 2 aromatic rings. The molecule has 18 heavy (non-hydrogen) atoms. The van der Waals surface area contributed by atoms with Crippen molar-refractivity contribution in [3.8, 4) is 0 Å². The van der Waals surface area contributed by atoms with Gasteiger partial charge in [-0.3, -0.25) is 16.0 Å². The molecule has 1 atom stereocenters. The monoisotopic (exact) mass is 328 g/mol. The van der Waals surface area contributed by atoms with Crippen molar-refractivity contribution in [2.24, 2.45) is 12.9 Å². The van der Waals surface area contributed by atoms with Crippen molar-refractivity contribution in [3.63, 3.8) is 0 Å². The van der Waals surface area contributed by atoms with Gasteiger partial charge in [0.15, 0.2) is 0 Å². The summed E-state index contributed by atoms with van der Waals surface area (Å²) in [4.78, 5) is 0. The molecule has 0 saturated carbocycles. The zero-order valence-corrected chi connectivity index (χ0v) is 12.2. The molecule has 0 spiro atoms. The van der Waals surface area contributed by atoms with E-state index in [1.807, 2.05) is 31.3 Å². The molecule has 1 unspecified atom stereocenters. The summed E-state index contributed by atoms with van der Waals surface area (Å²) in [6.07, 6.45) is 2.46. The maximum absolute atomic E-state index is 6.16. The molecule has 1 aromatic heterocycles. The minimum Gasteiger partial charge on any atom is -0.271 e. The van der Waals surface area contributed by atoms with Crippen molar-refractivity contribution in [3.05, 3.63) is 51.2 Å². The van der Waals surface area contributed by atoms with Gasteiger partial charge in [0.1, 0.15) is 0 Å². The van der Waals surface area contributed by atoms with E-state index in [0.29, 0.717) is 6.42 Å². The van der Waals surface area contributed by atoms with Crippen molar-refractivity contribution in [2.45, 2.75) is 12.5 Å². The first-order valence-electron chi connectivity index (χ1n) is 5.50. The van der Waals surface area contributed by atoms with E-state index in [2.05, 4.69) is 26.5 Å². The fourth-order valence-corrected chi connectivity index (χ4v) is 2.77. The molecule has 0 fully saturated rings. The molecular weight excluding hydrogens is 316 g/mol. The number of rotatable bonds is 4. The van der Waals surface area contributed by atoms with Crippen LogP contribution in [0.25, 0.3) is 0 Å². The van der Waals surface area contributed by atoms with Crippen molar-refractivity contribution in [2.75, 3.05) is 0 Å². The lowest BCUT2D eigenvalue weighted by molar-refractivity contribution is 0.507. The number of nitrogens with one attached hydrogen (secondary N) is 1. The van der Waals surface area contributed by atoms with Crippen LogP contribution in [0.5, 0.6) is 0 Å². The van der Waals surface area contributed by atoms with Crippen molar-refractivity contribution in [1.82, 2.24) is 15.2 Å². The highest BCUT2D eigenvalue weighted by atomic mass is 79.9. The van der Waals surface area contributed by atoms with E-state index >= 15 is 0 Å². The number of nitrogens with zero attached hydrogens (tertiary/aromatic N) is 2. The molecule has 0 aliphatic carbocycles. The Hall–Kier alpha value is -0.880. The van der Waals surface area contributed by atoms with Gasteiger partial charge in [0.05, 0.1) is 22.4 Å². The lowest BCUT2D eigenvalue weighted by Crippen LogP contribution is -2.31. The van der Waals surface area contributed by atoms with Gasteiger partial charge in [-0.2, -0.15) is 5.10 Å². The van der Waals surface area contributed by atoms with Gasteiger partial charge in [-0.05, 0) is 34.0 Å². The summed E-state index contributed by atoms with van der Waals surface area (Å²) in [5.74, 6) is 5.64. The summed E-state index contributed by atoms with van der Waals surface area (Å²) >= 11 is 9.64. The smallest absolute Gasteiger partial charge is 0.0709 e. The van der Waals surface area contributed by atoms with Crippen LogP contribution in [-0.4, -0.2) is 9.78 Å². The van der Waals surface area contributed by atoms with E-state index in [-0.39, 0.29) is 6.04 Å². The molecule has 96 valence electrons. The van der Waals surface area contributed by atoms with Crippen molar-refractivity contribution >= 4 is 27.5 Å². The number of hydrogen-bond donors (Lipinski definition) is 2. The molecule has 1 heterocycles. The van der Waals surface area contributed by atoms with E-state index in [4.69, 9.17) is 17.4 Å². The van der Waals surface area contributed by atoms with Crippen molar-refractivity contribution < 1.29 is 0 Å². The average Bonchev–Trinajstić information content (AvgIpc) is 2.69. The Morgan fingerprint density at radius 1 is 1.50 bits per heavy atom. The van der Waals surface area contributed by atoms with Crippen LogP contribution in [0.2, 0.25) is 5.02 Å². The second kappa shape index (κ2) is 5.84. The molecular formula is C12H14BrClN4. The standard InChI is InChI=1S/C12H14BrClN4/c1-18-12(9(13)7-16-18)11(17-15)6-8-4-2-3-5-10(8)14/h2-5,7,11,17H,6,15H2,1H3. The van der Waals surface area contributed by atoms with Crippen LogP contribution >= 0.6 is 27.5 Å². The summed E-state index contributed by atoms with van der Waals surface area (Å²) in [6.45, 7) is 0. The minimum atomic E-state index is -0.0493. The van der Waals surface area contributed by atoms with Crippen LogP contribution in [0.1, 0.15) is 17.3 Å². The molecule has 2 rings (SSSR count). The molecule has 3 N–H and O–H groups in total. The van der Waals surface area contributed by atoms with Crippen LogP contribution in [0.15, 0.2) is 34.9 Å². The van der Waals surface area contributed by atoms with Crippen LogP contribution in [0.3, 0.4) is 0 Å². The molecule has 0 aliphatic rings. The third-order valence-corrected chi connectivity index (χ3v) is 3.83. The van der Waals surface area contributed by atoms with Gasteiger partial charge in [0, 0.05) is 12.1 Å².